The summed E-state index contributed by atoms with van der Waals surface area (Å²) in [7, 11) is 0. The normalized spacial score (nSPS) is 22.4. The van der Waals surface area contributed by atoms with Gasteiger partial charge in [-0.1, -0.05) is 12.5 Å². The molecule has 2 heteroatoms. The quantitative estimate of drug-likeness (QED) is 0.607. The molecule has 0 aromatic heterocycles. The first kappa shape index (κ1) is 10.3. The number of allylic oxidation sites excluding steroid dienone is 1. The van der Waals surface area contributed by atoms with Crippen molar-refractivity contribution < 1.29 is 0 Å². The molecule has 0 saturated carbocycles. The molecule has 1 rings (SSSR count). The molecule has 0 bridgehead atoms. The minimum absolute atomic E-state index is 0.431. The summed E-state index contributed by atoms with van der Waals surface area (Å²) in [5.41, 5.74) is 0.832. The van der Waals surface area contributed by atoms with E-state index in [1.165, 1.54) is 32.4 Å². The number of hydrogen-bond acceptors (Lipinski definition) is 2. The van der Waals surface area contributed by atoms with E-state index in [4.69, 9.17) is 5.26 Å². The van der Waals surface area contributed by atoms with Crippen LogP contribution in [0.3, 0.4) is 0 Å². The third-order valence-corrected chi connectivity index (χ3v) is 2.63. The van der Waals surface area contributed by atoms with Crippen LogP contribution in [-0.4, -0.2) is 24.0 Å². The molecule has 1 atom stereocenters. The Morgan fingerprint density at radius 3 is 2.54 bits per heavy atom. The van der Waals surface area contributed by atoms with Crippen molar-refractivity contribution >= 4 is 0 Å². The van der Waals surface area contributed by atoms with Gasteiger partial charge in [0.05, 0.1) is 6.07 Å². The summed E-state index contributed by atoms with van der Waals surface area (Å²) >= 11 is 0. The van der Waals surface area contributed by atoms with Gasteiger partial charge < -0.3 is 0 Å². The lowest BCUT2D eigenvalue weighted by Gasteiger charge is -2.30. The molecule has 1 aliphatic rings. The monoisotopic (exact) mass is 178 g/mol. The molecule has 1 heterocycles. The SMILES string of the molecule is CC(C#N)=CC(C)N1CCCCC1. The van der Waals surface area contributed by atoms with Gasteiger partial charge >= 0.3 is 0 Å². The Kier molecular flexibility index (Phi) is 3.98. The molecule has 1 saturated heterocycles. The fourth-order valence-corrected chi connectivity index (χ4v) is 1.83. The Labute approximate surface area is 80.8 Å². The molecular formula is C11H18N2. The van der Waals surface area contributed by atoms with Crippen LogP contribution >= 0.6 is 0 Å². The lowest BCUT2D eigenvalue weighted by molar-refractivity contribution is 0.200. The van der Waals surface area contributed by atoms with Crippen molar-refractivity contribution in [3.05, 3.63) is 11.6 Å². The molecular weight excluding hydrogens is 160 g/mol. The standard InChI is InChI=1S/C11H18N2/c1-10(9-12)8-11(2)13-6-4-3-5-7-13/h8,11H,3-7H2,1-2H3. The molecule has 1 aliphatic heterocycles. The van der Waals surface area contributed by atoms with Crippen molar-refractivity contribution in [2.75, 3.05) is 13.1 Å². The smallest absolute Gasteiger partial charge is 0.0941 e. The van der Waals surface area contributed by atoms with Crippen molar-refractivity contribution in [3.63, 3.8) is 0 Å². The Bertz CT molecular complexity index is 219. The molecule has 0 aliphatic carbocycles. The number of hydrogen-bond donors (Lipinski definition) is 0. The van der Waals surface area contributed by atoms with Gasteiger partial charge in [0.2, 0.25) is 0 Å². The maximum Gasteiger partial charge on any atom is 0.0941 e. The van der Waals surface area contributed by atoms with Crippen LogP contribution in [0.25, 0.3) is 0 Å². The van der Waals surface area contributed by atoms with Crippen molar-refractivity contribution in [1.29, 1.82) is 5.26 Å². The summed E-state index contributed by atoms with van der Waals surface area (Å²) in [6, 6.07) is 2.60. The predicted octanol–water partition coefficient (Wildman–Crippen LogP) is 2.33. The van der Waals surface area contributed by atoms with Crippen LogP contribution in [0.5, 0.6) is 0 Å². The second-order valence-corrected chi connectivity index (χ2v) is 3.80. The van der Waals surface area contributed by atoms with E-state index in [0.29, 0.717) is 6.04 Å². The van der Waals surface area contributed by atoms with Crippen molar-refractivity contribution in [1.82, 2.24) is 4.90 Å². The summed E-state index contributed by atoms with van der Waals surface area (Å²) in [5.74, 6) is 0. The van der Waals surface area contributed by atoms with Crippen molar-refractivity contribution in [2.24, 2.45) is 0 Å². The summed E-state index contributed by atoms with van der Waals surface area (Å²) < 4.78 is 0. The van der Waals surface area contributed by atoms with E-state index < -0.39 is 0 Å². The number of likely N-dealkylation sites (tertiary alicyclic amines) is 1. The van der Waals surface area contributed by atoms with Gasteiger partial charge in [0.1, 0.15) is 0 Å². The van der Waals surface area contributed by atoms with Crippen LogP contribution < -0.4 is 0 Å². The van der Waals surface area contributed by atoms with Crippen LogP contribution in [0.2, 0.25) is 0 Å². The molecule has 2 nitrogen and oxygen atoms in total. The van der Waals surface area contributed by atoms with Crippen molar-refractivity contribution in [3.8, 4) is 6.07 Å². The van der Waals surface area contributed by atoms with E-state index in [1.54, 1.807) is 0 Å². The molecule has 1 unspecified atom stereocenters. The lowest BCUT2D eigenvalue weighted by Crippen LogP contribution is -2.36. The molecule has 0 N–H and O–H groups in total. The molecule has 13 heavy (non-hydrogen) atoms. The van der Waals surface area contributed by atoms with E-state index in [9.17, 15) is 0 Å². The maximum atomic E-state index is 8.65. The Hall–Kier alpha value is -0.810. The summed E-state index contributed by atoms with van der Waals surface area (Å²) in [4.78, 5) is 2.45. The molecule has 72 valence electrons. The zero-order valence-electron chi connectivity index (χ0n) is 8.58. The van der Waals surface area contributed by atoms with E-state index in [0.717, 1.165) is 5.57 Å². The van der Waals surface area contributed by atoms with Crippen LogP contribution in [0, 0.1) is 11.3 Å². The Morgan fingerprint density at radius 1 is 1.38 bits per heavy atom. The lowest BCUT2D eigenvalue weighted by atomic mass is 10.1. The minimum Gasteiger partial charge on any atom is -0.297 e. The fourth-order valence-electron chi connectivity index (χ4n) is 1.83. The fraction of sp³-hybridized carbons (Fsp3) is 0.727. The molecule has 0 aromatic rings. The topological polar surface area (TPSA) is 27.0 Å². The average molecular weight is 178 g/mol. The van der Waals surface area contributed by atoms with E-state index in [1.807, 2.05) is 6.92 Å². The third kappa shape index (κ3) is 3.20. The minimum atomic E-state index is 0.431. The second kappa shape index (κ2) is 5.04. The van der Waals surface area contributed by atoms with Gasteiger partial charge in [-0.25, -0.2) is 0 Å². The van der Waals surface area contributed by atoms with E-state index in [2.05, 4.69) is 24.0 Å². The summed E-state index contributed by atoms with van der Waals surface area (Å²) in [5, 5.41) is 8.65. The number of nitrogens with zero attached hydrogens (tertiary/aromatic N) is 2. The first-order valence-electron chi connectivity index (χ1n) is 5.06. The molecule has 0 radical (unpaired) electrons. The van der Waals surface area contributed by atoms with Crippen LogP contribution in [0.4, 0.5) is 0 Å². The van der Waals surface area contributed by atoms with Gasteiger partial charge in [0.15, 0.2) is 0 Å². The zero-order valence-corrected chi connectivity index (χ0v) is 8.58. The highest BCUT2D eigenvalue weighted by Crippen LogP contribution is 2.13. The average Bonchev–Trinajstić information content (AvgIpc) is 2.19. The van der Waals surface area contributed by atoms with Gasteiger partial charge in [-0.05, 0) is 39.8 Å². The van der Waals surface area contributed by atoms with Crippen LogP contribution in [0.1, 0.15) is 33.1 Å². The number of piperidine rings is 1. The van der Waals surface area contributed by atoms with Crippen molar-refractivity contribution in [2.45, 2.75) is 39.2 Å². The third-order valence-electron chi connectivity index (χ3n) is 2.63. The summed E-state index contributed by atoms with van der Waals surface area (Å²) in [6.45, 7) is 6.43. The molecule has 0 spiro atoms. The predicted molar refractivity (Wildman–Crippen MR) is 54.3 cm³/mol. The number of nitriles is 1. The van der Waals surface area contributed by atoms with Gasteiger partial charge in [-0.2, -0.15) is 5.26 Å². The second-order valence-electron chi connectivity index (χ2n) is 3.80. The highest BCUT2D eigenvalue weighted by atomic mass is 15.1. The highest BCUT2D eigenvalue weighted by Gasteiger charge is 2.14. The molecule has 1 fully saturated rings. The van der Waals surface area contributed by atoms with Crippen LogP contribution in [0.15, 0.2) is 11.6 Å². The van der Waals surface area contributed by atoms with Gasteiger partial charge in [0.25, 0.3) is 0 Å². The van der Waals surface area contributed by atoms with Gasteiger partial charge in [-0.3, -0.25) is 4.90 Å². The van der Waals surface area contributed by atoms with Gasteiger partial charge in [-0.15, -0.1) is 0 Å². The number of rotatable bonds is 2. The Balaban J connectivity index is 2.47. The zero-order chi connectivity index (χ0) is 9.68. The molecule has 0 aromatic carbocycles. The first-order valence-corrected chi connectivity index (χ1v) is 5.06. The van der Waals surface area contributed by atoms with E-state index >= 15 is 0 Å². The maximum absolute atomic E-state index is 8.65. The van der Waals surface area contributed by atoms with Gasteiger partial charge in [0, 0.05) is 11.6 Å². The highest BCUT2D eigenvalue weighted by molar-refractivity contribution is 5.19. The van der Waals surface area contributed by atoms with E-state index in [-0.39, 0.29) is 0 Å². The first-order chi connectivity index (χ1) is 6.24. The Morgan fingerprint density at radius 2 is 2.00 bits per heavy atom. The molecule has 0 amide bonds. The largest absolute Gasteiger partial charge is 0.297 e. The van der Waals surface area contributed by atoms with Crippen LogP contribution in [-0.2, 0) is 0 Å². The summed E-state index contributed by atoms with van der Waals surface area (Å²) in [6.07, 6.45) is 6.04.